The summed E-state index contributed by atoms with van der Waals surface area (Å²) in [5.74, 6) is 0.927. The number of nitrogens with two attached hydrogens (primary N) is 1. The highest BCUT2D eigenvalue weighted by molar-refractivity contribution is 5.98. The Bertz CT molecular complexity index is 913. The normalized spacial score (nSPS) is 21.2. The molecular weight excluding hydrogens is 370 g/mol. The van der Waals surface area contributed by atoms with Gasteiger partial charge in [0, 0.05) is 36.8 Å². The van der Waals surface area contributed by atoms with Crippen molar-refractivity contribution in [3.63, 3.8) is 0 Å². The average molecular weight is 395 g/mol. The average Bonchev–Trinajstić information content (AvgIpc) is 2.95. The maximum absolute atomic E-state index is 11.9. The molecule has 2 amide bonds. The number of nitrogens with one attached hydrogen (secondary N) is 1. The smallest absolute Gasteiger partial charge is 0.407 e. The van der Waals surface area contributed by atoms with E-state index < -0.39 is 6.09 Å². The highest BCUT2D eigenvalue weighted by atomic mass is 16.5. The SMILES string of the molecule is Nc1ccc([C@@H]2CCN(C(=O)O)CC[C@H]2COc2ccc3c(c2)C(=O)NC3)cc1. The molecule has 2 aliphatic rings. The maximum atomic E-state index is 11.9. The number of nitrogens with zero attached hydrogens (tertiary/aromatic N) is 1. The van der Waals surface area contributed by atoms with Gasteiger partial charge < -0.3 is 25.8 Å². The van der Waals surface area contributed by atoms with Crippen LogP contribution < -0.4 is 15.8 Å². The first-order valence-corrected chi connectivity index (χ1v) is 9.88. The van der Waals surface area contributed by atoms with Gasteiger partial charge in [0.25, 0.3) is 5.91 Å². The van der Waals surface area contributed by atoms with Crippen LogP contribution in [0.25, 0.3) is 0 Å². The van der Waals surface area contributed by atoms with Gasteiger partial charge in [0.05, 0.1) is 6.61 Å². The van der Waals surface area contributed by atoms with Crippen LogP contribution in [0, 0.1) is 5.92 Å². The predicted octanol–water partition coefficient (Wildman–Crippen LogP) is 3.06. The van der Waals surface area contributed by atoms with Crippen molar-refractivity contribution in [1.82, 2.24) is 10.2 Å². The number of nitrogen functional groups attached to an aromatic ring is 1. The van der Waals surface area contributed by atoms with Gasteiger partial charge >= 0.3 is 6.09 Å². The summed E-state index contributed by atoms with van der Waals surface area (Å²) in [7, 11) is 0. The third kappa shape index (κ3) is 4.13. The number of hydrogen-bond acceptors (Lipinski definition) is 4. The molecule has 2 atom stereocenters. The van der Waals surface area contributed by atoms with E-state index in [1.54, 1.807) is 6.07 Å². The Morgan fingerprint density at radius 2 is 1.93 bits per heavy atom. The van der Waals surface area contributed by atoms with Crippen LogP contribution in [0.15, 0.2) is 42.5 Å². The molecule has 0 radical (unpaired) electrons. The largest absolute Gasteiger partial charge is 0.493 e. The zero-order chi connectivity index (χ0) is 20.4. The zero-order valence-corrected chi connectivity index (χ0v) is 16.1. The van der Waals surface area contributed by atoms with Gasteiger partial charge in [-0.05, 0) is 54.2 Å². The quantitative estimate of drug-likeness (QED) is 0.690. The van der Waals surface area contributed by atoms with E-state index in [4.69, 9.17) is 10.5 Å². The molecule has 0 unspecified atom stereocenters. The molecule has 1 fully saturated rings. The Kier molecular flexibility index (Phi) is 5.29. The Morgan fingerprint density at radius 1 is 1.17 bits per heavy atom. The summed E-state index contributed by atoms with van der Waals surface area (Å²) in [6.07, 6.45) is 0.566. The third-order valence-electron chi connectivity index (χ3n) is 5.91. The number of likely N-dealkylation sites (tertiary alicyclic amines) is 1. The van der Waals surface area contributed by atoms with Crippen LogP contribution in [0.3, 0.4) is 0 Å². The van der Waals surface area contributed by atoms with Crippen LogP contribution in [0.5, 0.6) is 5.75 Å². The Labute approximate surface area is 169 Å². The molecule has 0 bridgehead atoms. The lowest BCUT2D eigenvalue weighted by atomic mass is 9.83. The molecule has 0 spiro atoms. The van der Waals surface area contributed by atoms with Crippen molar-refractivity contribution < 1.29 is 19.4 Å². The fourth-order valence-corrected chi connectivity index (χ4v) is 4.22. The summed E-state index contributed by atoms with van der Waals surface area (Å²) < 4.78 is 6.08. The molecule has 0 aliphatic carbocycles. The van der Waals surface area contributed by atoms with E-state index in [9.17, 15) is 14.7 Å². The first kappa shape index (κ1) is 19.1. The fourth-order valence-electron chi connectivity index (χ4n) is 4.22. The number of hydrogen-bond donors (Lipinski definition) is 3. The van der Waals surface area contributed by atoms with Gasteiger partial charge in [-0.3, -0.25) is 4.79 Å². The zero-order valence-electron chi connectivity index (χ0n) is 16.1. The molecule has 1 saturated heterocycles. The van der Waals surface area contributed by atoms with Gasteiger partial charge in [0.15, 0.2) is 0 Å². The van der Waals surface area contributed by atoms with Crippen molar-refractivity contribution >= 4 is 17.7 Å². The second-order valence-corrected chi connectivity index (χ2v) is 7.69. The summed E-state index contributed by atoms with van der Waals surface area (Å²) in [6.45, 7) is 2.01. The third-order valence-corrected chi connectivity index (χ3v) is 5.91. The van der Waals surface area contributed by atoms with Crippen LogP contribution >= 0.6 is 0 Å². The minimum Gasteiger partial charge on any atom is -0.493 e. The maximum Gasteiger partial charge on any atom is 0.407 e. The molecule has 0 aromatic heterocycles. The van der Waals surface area contributed by atoms with E-state index >= 15 is 0 Å². The Hall–Kier alpha value is -3.22. The molecule has 7 heteroatoms. The van der Waals surface area contributed by atoms with Gasteiger partial charge in [-0.25, -0.2) is 4.79 Å². The van der Waals surface area contributed by atoms with E-state index in [2.05, 4.69) is 5.32 Å². The summed E-state index contributed by atoms with van der Waals surface area (Å²) in [5, 5.41) is 12.2. The first-order chi connectivity index (χ1) is 14.0. The van der Waals surface area contributed by atoms with E-state index in [0.717, 1.165) is 17.5 Å². The Morgan fingerprint density at radius 3 is 2.69 bits per heavy atom. The minimum atomic E-state index is -0.882. The fraction of sp³-hybridized carbons (Fsp3) is 0.364. The number of carbonyl (C=O) groups is 2. The molecule has 2 aromatic carbocycles. The predicted molar refractivity (Wildman–Crippen MR) is 109 cm³/mol. The summed E-state index contributed by atoms with van der Waals surface area (Å²) >= 11 is 0. The topological polar surface area (TPSA) is 105 Å². The second kappa shape index (κ2) is 8.03. The lowest BCUT2D eigenvalue weighted by Gasteiger charge is -2.25. The number of carboxylic acid groups (broad SMARTS) is 1. The summed E-state index contributed by atoms with van der Waals surface area (Å²) in [4.78, 5) is 24.8. The summed E-state index contributed by atoms with van der Waals surface area (Å²) in [5.41, 5.74) is 9.33. The minimum absolute atomic E-state index is 0.0724. The van der Waals surface area contributed by atoms with Crippen molar-refractivity contribution in [2.75, 3.05) is 25.4 Å². The summed E-state index contributed by atoms with van der Waals surface area (Å²) in [6, 6.07) is 13.4. The highest BCUT2D eigenvalue weighted by Gasteiger charge is 2.30. The second-order valence-electron chi connectivity index (χ2n) is 7.69. The van der Waals surface area contributed by atoms with E-state index in [1.807, 2.05) is 36.4 Å². The number of amides is 2. The van der Waals surface area contributed by atoms with Gasteiger partial charge in [-0.2, -0.15) is 0 Å². The van der Waals surface area contributed by atoms with Gasteiger partial charge in [-0.1, -0.05) is 18.2 Å². The molecule has 4 rings (SSSR count). The lowest BCUT2D eigenvalue weighted by Crippen LogP contribution is -2.30. The monoisotopic (exact) mass is 395 g/mol. The van der Waals surface area contributed by atoms with Crippen molar-refractivity contribution in [3.8, 4) is 5.75 Å². The van der Waals surface area contributed by atoms with Crippen molar-refractivity contribution in [2.45, 2.75) is 25.3 Å². The van der Waals surface area contributed by atoms with Crippen molar-refractivity contribution in [2.24, 2.45) is 5.92 Å². The number of ether oxygens (including phenoxy) is 1. The molecule has 29 heavy (non-hydrogen) atoms. The lowest BCUT2D eigenvalue weighted by molar-refractivity contribution is 0.0965. The molecule has 2 heterocycles. The molecule has 0 saturated carbocycles. The standard InChI is InChI=1S/C22H25N3O4/c23-17-4-1-14(2-5-17)19-8-10-25(22(27)28)9-7-16(19)13-29-18-6-3-15-12-24-21(26)20(15)11-18/h1-6,11,16,19H,7-10,12-13,23H2,(H,24,26)(H,27,28)/t16-,19-/m0/s1. The number of benzene rings is 2. The highest BCUT2D eigenvalue weighted by Crippen LogP contribution is 2.34. The van der Waals surface area contributed by atoms with Gasteiger partial charge in [0.1, 0.15) is 5.75 Å². The molecule has 2 aliphatic heterocycles. The molecule has 2 aromatic rings. The van der Waals surface area contributed by atoms with Gasteiger partial charge in [0.2, 0.25) is 0 Å². The molecule has 4 N–H and O–H groups in total. The molecular formula is C22H25N3O4. The number of rotatable bonds is 4. The molecule has 152 valence electrons. The number of carbonyl (C=O) groups excluding carboxylic acids is 1. The van der Waals surface area contributed by atoms with Crippen molar-refractivity contribution in [1.29, 1.82) is 0 Å². The van der Waals surface area contributed by atoms with E-state index in [1.165, 1.54) is 4.90 Å². The number of fused-ring (bicyclic) bond motifs is 1. The molecule has 7 nitrogen and oxygen atoms in total. The van der Waals surface area contributed by atoms with E-state index in [-0.39, 0.29) is 17.7 Å². The van der Waals surface area contributed by atoms with Crippen LogP contribution in [0.2, 0.25) is 0 Å². The van der Waals surface area contributed by atoms with Gasteiger partial charge in [-0.15, -0.1) is 0 Å². The van der Waals surface area contributed by atoms with Crippen LogP contribution in [-0.4, -0.2) is 41.7 Å². The van der Waals surface area contributed by atoms with E-state index in [0.29, 0.717) is 49.7 Å². The Balaban J connectivity index is 1.52. The van der Waals surface area contributed by atoms with Crippen molar-refractivity contribution in [3.05, 3.63) is 59.2 Å². The van der Waals surface area contributed by atoms with Crippen LogP contribution in [0.4, 0.5) is 10.5 Å². The number of anilines is 1. The van der Waals surface area contributed by atoms with Crippen LogP contribution in [0.1, 0.15) is 40.2 Å². The van der Waals surface area contributed by atoms with Crippen LogP contribution in [-0.2, 0) is 6.54 Å². The first-order valence-electron chi connectivity index (χ1n) is 9.88.